The first kappa shape index (κ1) is 20.0. The van der Waals surface area contributed by atoms with E-state index in [2.05, 4.69) is 41.9 Å². The second kappa shape index (κ2) is 11.3. The first-order valence-corrected chi connectivity index (χ1v) is 10.6. The van der Waals surface area contributed by atoms with Crippen molar-refractivity contribution in [2.24, 2.45) is 0 Å². The molecule has 0 N–H and O–H groups in total. The summed E-state index contributed by atoms with van der Waals surface area (Å²) < 4.78 is 12.9. The van der Waals surface area contributed by atoms with E-state index in [4.69, 9.17) is 9.31 Å². The molecule has 0 unspecified atom stereocenters. The highest BCUT2D eigenvalue weighted by molar-refractivity contribution is 9.10. The molecule has 0 atom stereocenters. The number of benzene rings is 1. The molecule has 1 aliphatic heterocycles. The summed E-state index contributed by atoms with van der Waals surface area (Å²) in [6, 6.07) is 4.66. The highest BCUT2D eigenvalue weighted by Gasteiger charge is 2.29. The Morgan fingerprint density at radius 3 is 2.00 bits per heavy atom. The molecular formula is C20H32BBrO2. The average Bonchev–Trinajstić information content (AvgIpc) is 3.11. The van der Waals surface area contributed by atoms with Crippen molar-refractivity contribution in [2.75, 3.05) is 13.2 Å². The fourth-order valence-corrected chi connectivity index (χ4v) is 3.92. The van der Waals surface area contributed by atoms with Crippen LogP contribution in [0.5, 0.6) is 0 Å². The van der Waals surface area contributed by atoms with Gasteiger partial charge in [0.2, 0.25) is 0 Å². The molecule has 1 aliphatic rings. The number of halogens is 1. The third-order valence-corrected chi connectivity index (χ3v) is 5.52. The van der Waals surface area contributed by atoms with Gasteiger partial charge in [0, 0.05) is 4.47 Å². The van der Waals surface area contributed by atoms with Crippen molar-refractivity contribution in [2.45, 2.75) is 78.1 Å². The van der Waals surface area contributed by atoms with E-state index in [9.17, 15) is 0 Å². The maximum atomic E-state index is 5.81. The molecule has 1 fully saturated rings. The molecule has 24 heavy (non-hydrogen) atoms. The van der Waals surface area contributed by atoms with Crippen LogP contribution in [0, 0.1) is 0 Å². The van der Waals surface area contributed by atoms with Gasteiger partial charge in [-0.3, -0.25) is 0 Å². The minimum atomic E-state index is -0.159. The van der Waals surface area contributed by atoms with Gasteiger partial charge >= 0.3 is 7.12 Å². The lowest BCUT2D eigenvalue weighted by Crippen LogP contribution is -2.35. The van der Waals surface area contributed by atoms with Crippen LogP contribution in [0.1, 0.15) is 76.3 Å². The Balaban J connectivity index is 2.08. The second-order valence-electron chi connectivity index (χ2n) is 6.84. The van der Waals surface area contributed by atoms with Gasteiger partial charge in [-0.15, -0.1) is 0 Å². The molecule has 0 aromatic heterocycles. The van der Waals surface area contributed by atoms with E-state index < -0.39 is 0 Å². The van der Waals surface area contributed by atoms with Crippen LogP contribution in [0.2, 0.25) is 0 Å². The zero-order chi connectivity index (χ0) is 17.2. The van der Waals surface area contributed by atoms with Crippen molar-refractivity contribution in [3.8, 4) is 0 Å². The molecule has 0 radical (unpaired) electrons. The van der Waals surface area contributed by atoms with Crippen LogP contribution < -0.4 is 5.46 Å². The lowest BCUT2D eigenvalue weighted by molar-refractivity contribution is 0.365. The standard InChI is InChI=1S/C20H32BBrO2/c1-3-5-7-9-11-17-16-20(22)18(12-10-8-6-4-2)15-19(17)21-23-13-14-24-21/h15-16H,3-14H2,1-2H3. The molecule has 1 aromatic rings. The Morgan fingerprint density at radius 2 is 1.42 bits per heavy atom. The summed E-state index contributed by atoms with van der Waals surface area (Å²) in [5.74, 6) is 0. The molecule has 134 valence electrons. The molecule has 4 heteroatoms. The van der Waals surface area contributed by atoms with Crippen molar-refractivity contribution < 1.29 is 9.31 Å². The molecule has 0 bridgehead atoms. The highest BCUT2D eigenvalue weighted by atomic mass is 79.9. The largest absolute Gasteiger partial charge is 0.494 e. The summed E-state index contributed by atoms with van der Waals surface area (Å²) in [5, 5.41) is 0. The molecule has 0 saturated carbocycles. The van der Waals surface area contributed by atoms with Gasteiger partial charge in [-0.25, -0.2) is 0 Å². The fraction of sp³-hybridized carbons (Fsp3) is 0.700. The summed E-state index contributed by atoms with van der Waals surface area (Å²) in [4.78, 5) is 0. The van der Waals surface area contributed by atoms with Crippen molar-refractivity contribution in [3.05, 3.63) is 27.7 Å². The molecule has 1 heterocycles. The number of unbranched alkanes of at least 4 members (excludes halogenated alkanes) is 6. The normalized spacial score (nSPS) is 14.5. The maximum absolute atomic E-state index is 5.81. The van der Waals surface area contributed by atoms with E-state index in [1.165, 1.54) is 72.4 Å². The molecule has 2 nitrogen and oxygen atoms in total. The van der Waals surface area contributed by atoms with Crippen molar-refractivity contribution in [1.29, 1.82) is 0 Å². The van der Waals surface area contributed by atoms with Crippen molar-refractivity contribution >= 4 is 28.5 Å². The van der Waals surface area contributed by atoms with Gasteiger partial charge in [0.1, 0.15) is 0 Å². The number of hydrogen-bond donors (Lipinski definition) is 0. The number of hydrogen-bond acceptors (Lipinski definition) is 2. The summed E-state index contributed by atoms with van der Waals surface area (Å²) >= 11 is 3.80. The monoisotopic (exact) mass is 394 g/mol. The topological polar surface area (TPSA) is 18.5 Å². The second-order valence-corrected chi connectivity index (χ2v) is 7.69. The van der Waals surface area contributed by atoms with Gasteiger partial charge in [-0.05, 0) is 48.3 Å². The van der Waals surface area contributed by atoms with Gasteiger partial charge in [-0.2, -0.15) is 0 Å². The lowest BCUT2D eigenvalue weighted by atomic mass is 9.74. The third-order valence-electron chi connectivity index (χ3n) is 4.78. The summed E-state index contributed by atoms with van der Waals surface area (Å²) in [5.41, 5.74) is 4.05. The van der Waals surface area contributed by atoms with Crippen molar-refractivity contribution in [1.82, 2.24) is 0 Å². The Labute approximate surface area is 157 Å². The minimum absolute atomic E-state index is 0.159. The molecule has 2 rings (SSSR count). The predicted octanol–water partition coefficient (Wildman–Crippen LogP) is 5.44. The van der Waals surface area contributed by atoms with Gasteiger partial charge < -0.3 is 9.31 Å². The van der Waals surface area contributed by atoms with Crippen LogP contribution in [-0.2, 0) is 22.2 Å². The zero-order valence-electron chi connectivity index (χ0n) is 15.4. The summed E-state index contributed by atoms with van der Waals surface area (Å²) in [6.07, 6.45) is 12.6. The number of rotatable bonds is 11. The first-order valence-electron chi connectivity index (χ1n) is 9.80. The van der Waals surface area contributed by atoms with E-state index >= 15 is 0 Å². The fourth-order valence-electron chi connectivity index (χ4n) is 3.33. The van der Waals surface area contributed by atoms with E-state index in [1.54, 1.807) is 0 Å². The minimum Gasteiger partial charge on any atom is -0.405 e. The van der Waals surface area contributed by atoms with Gasteiger partial charge in [0.25, 0.3) is 0 Å². The molecule has 0 amide bonds. The van der Waals surface area contributed by atoms with Crippen LogP contribution in [0.25, 0.3) is 0 Å². The third kappa shape index (κ3) is 6.20. The summed E-state index contributed by atoms with van der Waals surface area (Å²) in [7, 11) is -0.159. The SMILES string of the molecule is CCCCCCc1cc(B2OCCO2)c(CCCCCC)cc1Br. The van der Waals surface area contributed by atoms with Crippen LogP contribution in [0.3, 0.4) is 0 Å². The first-order chi connectivity index (χ1) is 11.8. The van der Waals surface area contributed by atoms with E-state index in [1.807, 2.05) is 0 Å². The Hall–Kier alpha value is -0.315. The maximum Gasteiger partial charge on any atom is 0.494 e. The molecule has 1 saturated heterocycles. The molecule has 0 aliphatic carbocycles. The zero-order valence-corrected chi connectivity index (χ0v) is 17.0. The predicted molar refractivity (Wildman–Crippen MR) is 107 cm³/mol. The van der Waals surface area contributed by atoms with Crippen LogP contribution >= 0.6 is 15.9 Å². The molecule has 1 aromatic carbocycles. The van der Waals surface area contributed by atoms with Crippen molar-refractivity contribution in [3.63, 3.8) is 0 Å². The molecular weight excluding hydrogens is 363 g/mol. The lowest BCUT2D eigenvalue weighted by Gasteiger charge is -2.15. The van der Waals surface area contributed by atoms with E-state index in [0.29, 0.717) is 13.2 Å². The van der Waals surface area contributed by atoms with Gasteiger partial charge in [-0.1, -0.05) is 74.4 Å². The highest BCUT2D eigenvalue weighted by Crippen LogP contribution is 2.22. The number of aryl methyl sites for hydroxylation is 2. The summed E-state index contributed by atoms with van der Waals surface area (Å²) in [6.45, 7) is 5.94. The smallest absolute Gasteiger partial charge is 0.405 e. The Bertz CT molecular complexity index is 487. The quantitative estimate of drug-likeness (QED) is 0.367. The van der Waals surface area contributed by atoms with Gasteiger partial charge in [0.05, 0.1) is 13.2 Å². The van der Waals surface area contributed by atoms with E-state index in [-0.39, 0.29) is 7.12 Å². The Morgan fingerprint density at radius 1 is 0.833 bits per heavy atom. The average molecular weight is 395 g/mol. The van der Waals surface area contributed by atoms with E-state index in [0.717, 1.165) is 12.8 Å². The Kier molecular flexibility index (Phi) is 9.44. The van der Waals surface area contributed by atoms with Crippen LogP contribution in [0.15, 0.2) is 16.6 Å². The molecule has 0 spiro atoms. The van der Waals surface area contributed by atoms with Crippen LogP contribution in [0.4, 0.5) is 0 Å². The van der Waals surface area contributed by atoms with Crippen LogP contribution in [-0.4, -0.2) is 20.3 Å². The van der Waals surface area contributed by atoms with Gasteiger partial charge in [0.15, 0.2) is 0 Å².